The van der Waals surface area contributed by atoms with Crippen LogP contribution in [-0.2, 0) is 4.79 Å². The fourth-order valence-corrected chi connectivity index (χ4v) is 3.82. The average molecular weight is 366 g/mol. The van der Waals surface area contributed by atoms with E-state index < -0.39 is 0 Å². The number of thioether (sulfide) groups is 1. The van der Waals surface area contributed by atoms with Crippen molar-refractivity contribution in [1.29, 1.82) is 0 Å². The molecule has 1 aromatic heterocycles. The molecule has 0 saturated carbocycles. The van der Waals surface area contributed by atoms with Crippen LogP contribution in [0.1, 0.15) is 31.7 Å². The predicted octanol–water partition coefficient (Wildman–Crippen LogP) is 4.42. The predicted molar refractivity (Wildman–Crippen MR) is 107 cm³/mol. The van der Waals surface area contributed by atoms with Gasteiger partial charge in [-0.3, -0.25) is 4.79 Å². The van der Waals surface area contributed by atoms with Crippen LogP contribution >= 0.6 is 11.8 Å². The number of fused-ring (bicyclic) bond motifs is 1. The molecule has 1 amide bonds. The van der Waals surface area contributed by atoms with Gasteiger partial charge in [-0.2, -0.15) is 0 Å². The Morgan fingerprint density at radius 1 is 1.08 bits per heavy atom. The summed E-state index contributed by atoms with van der Waals surface area (Å²) in [5.41, 5.74) is 2.16. The molecule has 0 aliphatic rings. The summed E-state index contributed by atoms with van der Waals surface area (Å²) in [4.78, 5) is 21.2. The van der Waals surface area contributed by atoms with Crippen molar-refractivity contribution in [3.05, 3.63) is 66.5 Å². The van der Waals surface area contributed by atoms with Gasteiger partial charge in [-0.25, -0.2) is 9.97 Å². The lowest BCUT2D eigenvalue weighted by Gasteiger charge is -2.18. The first kappa shape index (κ1) is 18.4. The normalized spacial score (nSPS) is 13.3. The first-order valence-electron chi connectivity index (χ1n) is 8.88. The minimum Gasteiger partial charge on any atom is -0.355 e. The molecule has 0 bridgehead atoms. The lowest BCUT2D eigenvalue weighted by atomic mass is 9.96. The van der Waals surface area contributed by atoms with Gasteiger partial charge in [0.05, 0.1) is 10.8 Å². The first-order valence-corrected chi connectivity index (χ1v) is 9.76. The summed E-state index contributed by atoms with van der Waals surface area (Å²) in [6, 6.07) is 18.2. The van der Waals surface area contributed by atoms with Gasteiger partial charge in [-0.15, -0.1) is 0 Å². The molecule has 1 heterocycles. The Hall–Kier alpha value is -2.40. The van der Waals surface area contributed by atoms with Gasteiger partial charge in [0, 0.05) is 17.8 Å². The van der Waals surface area contributed by atoms with E-state index in [0.717, 1.165) is 22.3 Å². The molecular formula is C21H23N3OS. The zero-order valence-corrected chi connectivity index (χ0v) is 15.9. The van der Waals surface area contributed by atoms with Crippen molar-refractivity contribution in [3.63, 3.8) is 0 Å². The van der Waals surface area contributed by atoms with Crippen LogP contribution in [0.3, 0.4) is 0 Å². The molecule has 3 aromatic rings. The van der Waals surface area contributed by atoms with Crippen molar-refractivity contribution >= 4 is 28.6 Å². The van der Waals surface area contributed by atoms with E-state index in [1.54, 1.807) is 6.33 Å². The minimum absolute atomic E-state index is 0.0343. The van der Waals surface area contributed by atoms with E-state index in [-0.39, 0.29) is 11.2 Å². The highest BCUT2D eigenvalue weighted by Crippen LogP contribution is 2.28. The fraction of sp³-hybridized carbons (Fsp3) is 0.286. The molecule has 0 unspecified atom stereocenters. The van der Waals surface area contributed by atoms with Gasteiger partial charge >= 0.3 is 0 Å². The van der Waals surface area contributed by atoms with Gasteiger partial charge in [0.2, 0.25) is 5.91 Å². The Bertz CT molecular complexity index is 864. The summed E-state index contributed by atoms with van der Waals surface area (Å²) in [5.74, 6) is 0.365. The van der Waals surface area contributed by atoms with E-state index in [4.69, 9.17) is 0 Å². The Labute approximate surface area is 158 Å². The Morgan fingerprint density at radius 2 is 1.81 bits per heavy atom. The van der Waals surface area contributed by atoms with E-state index in [1.165, 1.54) is 17.3 Å². The number of amides is 1. The molecule has 134 valence electrons. The average Bonchev–Trinajstić information content (AvgIpc) is 2.69. The monoisotopic (exact) mass is 365 g/mol. The molecule has 0 aliphatic carbocycles. The Morgan fingerprint density at radius 3 is 2.58 bits per heavy atom. The van der Waals surface area contributed by atoms with E-state index in [1.807, 2.05) is 49.4 Å². The van der Waals surface area contributed by atoms with E-state index in [2.05, 4.69) is 34.3 Å². The van der Waals surface area contributed by atoms with E-state index in [9.17, 15) is 4.79 Å². The summed E-state index contributed by atoms with van der Waals surface area (Å²) in [6.07, 6.45) is 2.54. The largest absolute Gasteiger partial charge is 0.355 e. The van der Waals surface area contributed by atoms with Crippen molar-refractivity contribution < 1.29 is 4.79 Å². The number of nitrogens with one attached hydrogen (secondary N) is 1. The number of para-hydroxylation sites is 1. The zero-order chi connectivity index (χ0) is 18.4. The molecule has 4 nitrogen and oxygen atoms in total. The van der Waals surface area contributed by atoms with Crippen LogP contribution in [0.25, 0.3) is 10.9 Å². The van der Waals surface area contributed by atoms with Crippen LogP contribution in [0.2, 0.25) is 0 Å². The highest BCUT2D eigenvalue weighted by atomic mass is 32.2. The lowest BCUT2D eigenvalue weighted by Crippen LogP contribution is -2.34. The molecular weight excluding hydrogens is 342 g/mol. The van der Waals surface area contributed by atoms with Crippen molar-refractivity contribution in [3.8, 4) is 0 Å². The number of benzene rings is 2. The number of nitrogens with zero attached hydrogens (tertiary/aromatic N) is 2. The van der Waals surface area contributed by atoms with Crippen molar-refractivity contribution in [2.45, 2.75) is 36.5 Å². The van der Waals surface area contributed by atoms with Crippen molar-refractivity contribution in [1.82, 2.24) is 15.3 Å². The smallest absolute Gasteiger partial charge is 0.233 e. The molecule has 0 radical (unpaired) electrons. The molecule has 5 heteroatoms. The van der Waals surface area contributed by atoms with E-state index >= 15 is 0 Å². The third-order valence-corrected chi connectivity index (χ3v) is 5.57. The first-order chi connectivity index (χ1) is 12.7. The summed E-state index contributed by atoms with van der Waals surface area (Å²) in [6.45, 7) is 4.71. The summed E-state index contributed by atoms with van der Waals surface area (Å²) < 4.78 is 0. The quantitative estimate of drug-likeness (QED) is 0.497. The number of hydrogen-bond donors (Lipinski definition) is 1. The third-order valence-electron chi connectivity index (χ3n) is 4.45. The van der Waals surface area contributed by atoms with Gasteiger partial charge < -0.3 is 5.32 Å². The Kier molecular flexibility index (Phi) is 6.23. The number of hydrogen-bond acceptors (Lipinski definition) is 4. The van der Waals surface area contributed by atoms with Gasteiger partial charge in [0.1, 0.15) is 11.4 Å². The molecule has 2 aromatic carbocycles. The topological polar surface area (TPSA) is 54.9 Å². The van der Waals surface area contributed by atoms with Crippen molar-refractivity contribution in [2.75, 3.05) is 6.54 Å². The zero-order valence-electron chi connectivity index (χ0n) is 15.1. The maximum Gasteiger partial charge on any atom is 0.233 e. The van der Waals surface area contributed by atoms with Crippen LogP contribution in [0.5, 0.6) is 0 Å². The molecule has 2 atom stereocenters. The van der Waals surface area contributed by atoms with Crippen LogP contribution < -0.4 is 5.32 Å². The summed E-state index contributed by atoms with van der Waals surface area (Å²) in [7, 11) is 0. The molecule has 0 fully saturated rings. The standard InChI is InChI=1S/C21H23N3OS/c1-3-16(17-9-5-4-6-10-17)13-22-20(25)15(2)26-21-18-11-7-8-12-19(18)23-14-24-21/h4-12,14-16H,3,13H2,1-2H3,(H,22,25)/t15-,16-/m0/s1. The molecule has 1 N–H and O–H groups in total. The second-order valence-electron chi connectivity index (χ2n) is 6.22. The summed E-state index contributed by atoms with van der Waals surface area (Å²) in [5, 5.41) is 4.70. The highest BCUT2D eigenvalue weighted by molar-refractivity contribution is 8.00. The minimum atomic E-state index is -0.221. The van der Waals surface area contributed by atoms with Crippen LogP contribution in [0.15, 0.2) is 66.0 Å². The fourth-order valence-electron chi connectivity index (χ4n) is 2.89. The SMILES string of the molecule is CC[C@@H](CNC(=O)[C@H](C)Sc1ncnc2ccccc12)c1ccccc1. The third kappa shape index (κ3) is 4.41. The summed E-state index contributed by atoms with van der Waals surface area (Å²) >= 11 is 1.47. The van der Waals surface area contributed by atoms with Crippen LogP contribution in [0.4, 0.5) is 0 Å². The highest BCUT2D eigenvalue weighted by Gasteiger charge is 2.18. The van der Waals surface area contributed by atoms with Gasteiger partial charge in [-0.1, -0.05) is 67.2 Å². The number of aromatic nitrogens is 2. The van der Waals surface area contributed by atoms with Gasteiger partial charge in [0.25, 0.3) is 0 Å². The van der Waals surface area contributed by atoms with Crippen molar-refractivity contribution in [2.24, 2.45) is 0 Å². The second-order valence-corrected chi connectivity index (χ2v) is 7.55. The van der Waals surface area contributed by atoms with Gasteiger partial charge in [-0.05, 0) is 25.0 Å². The molecule has 0 saturated heterocycles. The lowest BCUT2D eigenvalue weighted by molar-refractivity contribution is -0.120. The van der Waals surface area contributed by atoms with E-state index in [0.29, 0.717) is 12.5 Å². The van der Waals surface area contributed by atoms with Gasteiger partial charge in [0.15, 0.2) is 0 Å². The van der Waals surface area contributed by atoms with Crippen LogP contribution in [0, 0.1) is 0 Å². The number of carbonyl (C=O) groups excluding carboxylic acids is 1. The van der Waals surface area contributed by atoms with Crippen LogP contribution in [-0.4, -0.2) is 27.7 Å². The Balaban J connectivity index is 1.62. The number of rotatable bonds is 7. The molecule has 0 aliphatic heterocycles. The maximum atomic E-state index is 12.6. The molecule has 26 heavy (non-hydrogen) atoms. The molecule has 3 rings (SSSR count). The number of carbonyl (C=O) groups is 1. The second kappa shape index (κ2) is 8.81. The molecule has 0 spiro atoms. The maximum absolute atomic E-state index is 12.6.